The highest BCUT2D eigenvalue weighted by Gasteiger charge is 2.18. The third kappa shape index (κ3) is 4.69. The van der Waals surface area contributed by atoms with Crippen molar-refractivity contribution in [1.29, 1.82) is 0 Å². The first kappa shape index (κ1) is 20.3. The van der Waals surface area contributed by atoms with Gasteiger partial charge in [0.25, 0.3) is 0 Å². The van der Waals surface area contributed by atoms with Gasteiger partial charge < -0.3 is 20.4 Å². The standard InChI is InChI=1S/C19H19Cl2N5O2/c20-15-8-4-7-14(16(15)21)17-18(22-13-5-2-1-3-6-13)23-19(25-24-17)26(9-11-27)10-12-28/h1-8,27-28H,9-12H2,(H,22,23,25). The zero-order chi connectivity index (χ0) is 19.9. The lowest BCUT2D eigenvalue weighted by atomic mass is 10.1. The number of hydrogen-bond acceptors (Lipinski definition) is 7. The molecule has 0 radical (unpaired) electrons. The van der Waals surface area contributed by atoms with Crippen LogP contribution in [0.15, 0.2) is 48.5 Å². The van der Waals surface area contributed by atoms with Crippen LogP contribution in [0.5, 0.6) is 0 Å². The van der Waals surface area contributed by atoms with Crippen molar-refractivity contribution in [2.24, 2.45) is 0 Å². The van der Waals surface area contributed by atoms with Gasteiger partial charge in [0.2, 0.25) is 5.95 Å². The quantitative estimate of drug-likeness (QED) is 0.514. The molecular formula is C19H19Cl2N5O2. The molecule has 1 aromatic heterocycles. The molecule has 7 nitrogen and oxygen atoms in total. The van der Waals surface area contributed by atoms with Gasteiger partial charge in [0, 0.05) is 24.3 Å². The van der Waals surface area contributed by atoms with E-state index in [4.69, 9.17) is 23.2 Å². The number of para-hydroxylation sites is 1. The smallest absolute Gasteiger partial charge is 0.247 e. The minimum absolute atomic E-state index is 0.104. The van der Waals surface area contributed by atoms with E-state index in [-0.39, 0.29) is 32.3 Å². The molecule has 0 aliphatic carbocycles. The molecule has 3 rings (SSSR count). The Morgan fingerprint density at radius 2 is 1.61 bits per heavy atom. The molecule has 0 atom stereocenters. The van der Waals surface area contributed by atoms with Crippen LogP contribution >= 0.6 is 23.2 Å². The molecule has 28 heavy (non-hydrogen) atoms. The number of nitrogens with zero attached hydrogens (tertiary/aromatic N) is 4. The Balaban J connectivity index is 2.09. The molecule has 9 heteroatoms. The fraction of sp³-hybridized carbons (Fsp3) is 0.211. The summed E-state index contributed by atoms with van der Waals surface area (Å²) in [6.45, 7) is 0.327. The monoisotopic (exact) mass is 419 g/mol. The van der Waals surface area contributed by atoms with Crippen LogP contribution in [-0.2, 0) is 0 Å². The molecule has 146 valence electrons. The van der Waals surface area contributed by atoms with Crippen LogP contribution in [0.3, 0.4) is 0 Å². The molecule has 3 N–H and O–H groups in total. The molecule has 0 bridgehead atoms. The highest BCUT2D eigenvalue weighted by Crippen LogP contribution is 2.36. The summed E-state index contributed by atoms with van der Waals surface area (Å²) in [7, 11) is 0. The van der Waals surface area contributed by atoms with Crippen molar-refractivity contribution < 1.29 is 10.2 Å². The van der Waals surface area contributed by atoms with Gasteiger partial charge in [-0.25, -0.2) is 0 Å². The van der Waals surface area contributed by atoms with Gasteiger partial charge >= 0.3 is 0 Å². The number of aromatic nitrogens is 3. The summed E-state index contributed by atoms with van der Waals surface area (Å²) in [6, 6.07) is 14.7. The molecular weight excluding hydrogens is 401 g/mol. The molecule has 0 fully saturated rings. The van der Waals surface area contributed by atoms with E-state index in [1.807, 2.05) is 30.3 Å². The van der Waals surface area contributed by atoms with E-state index >= 15 is 0 Å². The number of aliphatic hydroxyl groups excluding tert-OH is 2. The van der Waals surface area contributed by atoms with E-state index in [9.17, 15) is 10.2 Å². The average molecular weight is 420 g/mol. The lowest BCUT2D eigenvalue weighted by Crippen LogP contribution is -2.31. The number of benzene rings is 2. The summed E-state index contributed by atoms with van der Waals surface area (Å²) in [5.74, 6) is 0.713. The minimum atomic E-state index is -0.104. The van der Waals surface area contributed by atoms with Gasteiger partial charge in [-0.15, -0.1) is 10.2 Å². The van der Waals surface area contributed by atoms with Crippen molar-refractivity contribution in [3.8, 4) is 11.3 Å². The Kier molecular flexibility index (Phi) is 7.00. The fourth-order valence-corrected chi connectivity index (χ4v) is 3.01. The number of aliphatic hydroxyl groups is 2. The highest BCUT2D eigenvalue weighted by molar-refractivity contribution is 6.43. The van der Waals surface area contributed by atoms with Crippen LogP contribution in [0.1, 0.15) is 0 Å². The first-order valence-corrected chi connectivity index (χ1v) is 9.37. The highest BCUT2D eigenvalue weighted by atomic mass is 35.5. The van der Waals surface area contributed by atoms with Crippen molar-refractivity contribution in [2.45, 2.75) is 0 Å². The van der Waals surface area contributed by atoms with Crippen LogP contribution in [0.4, 0.5) is 17.5 Å². The van der Waals surface area contributed by atoms with Crippen LogP contribution in [-0.4, -0.2) is 51.7 Å². The van der Waals surface area contributed by atoms with E-state index in [2.05, 4.69) is 20.5 Å². The van der Waals surface area contributed by atoms with Crippen molar-refractivity contribution in [1.82, 2.24) is 15.2 Å². The minimum Gasteiger partial charge on any atom is -0.395 e. The molecule has 2 aromatic carbocycles. The molecule has 0 aliphatic heterocycles. The summed E-state index contributed by atoms with van der Waals surface area (Å²) >= 11 is 12.5. The van der Waals surface area contributed by atoms with E-state index < -0.39 is 0 Å². The van der Waals surface area contributed by atoms with Crippen molar-refractivity contribution in [3.63, 3.8) is 0 Å². The zero-order valence-corrected chi connectivity index (χ0v) is 16.4. The molecule has 0 amide bonds. The van der Waals surface area contributed by atoms with Gasteiger partial charge in [-0.05, 0) is 18.2 Å². The predicted octanol–water partition coefficient (Wildman–Crippen LogP) is 3.38. The lowest BCUT2D eigenvalue weighted by molar-refractivity contribution is 0.280. The van der Waals surface area contributed by atoms with E-state index in [0.29, 0.717) is 27.1 Å². The number of anilines is 3. The van der Waals surface area contributed by atoms with Crippen LogP contribution in [0, 0.1) is 0 Å². The van der Waals surface area contributed by atoms with E-state index in [0.717, 1.165) is 5.69 Å². The number of rotatable bonds is 8. The Labute approximate surface area is 172 Å². The van der Waals surface area contributed by atoms with E-state index in [1.54, 1.807) is 23.1 Å². The summed E-state index contributed by atoms with van der Waals surface area (Å²) in [5.41, 5.74) is 1.84. The van der Waals surface area contributed by atoms with Crippen molar-refractivity contribution >= 4 is 40.7 Å². The lowest BCUT2D eigenvalue weighted by Gasteiger charge is -2.21. The Morgan fingerprint density at radius 3 is 2.29 bits per heavy atom. The molecule has 0 spiro atoms. The van der Waals surface area contributed by atoms with Crippen molar-refractivity contribution in [3.05, 3.63) is 58.6 Å². The van der Waals surface area contributed by atoms with Crippen LogP contribution in [0.2, 0.25) is 10.0 Å². The van der Waals surface area contributed by atoms with Gasteiger partial charge in [0.05, 0.1) is 23.3 Å². The topological polar surface area (TPSA) is 94.4 Å². The summed E-state index contributed by atoms with van der Waals surface area (Å²) in [6.07, 6.45) is 0. The first-order chi connectivity index (χ1) is 13.6. The SMILES string of the molecule is OCCN(CCO)c1nnc(-c2cccc(Cl)c2Cl)c(Nc2ccccc2)n1. The Bertz CT molecular complexity index is 921. The molecule has 0 saturated carbocycles. The van der Waals surface area contributed by atoms with Gasteiger partial charge in [0.1, 0.15) is 5.69 Å². The average Bonchev–Trinajstić information content (AvgIpc) is 2.71. The largest absolute Gasteiger partial charge is 0.395 e. The van der Waals surface area contributed by atoms with Gasteiger partial charge in [-0.1, -0.05) is 53.5 Å². The summed E-state index contributed by atoms with van der Waals surface area (Å²) in [5, 5.41) is 31.0. The molecule has 1 heterocycles. The summed E-state index contributed by atoms with van der Waals surface area (Å²) < 4.78 is 0. The molecule has 0 unspecified atom stereocenters. The molecule has 0 aliphatic rings. The van der Waals surface area contributed by atoms with Crippen LogP contribution in [0.25, 0.3) is 11.3 Å². The molecule has 3 aromatic rings. The fourth-order valence-electron chi connectivity index (χ4n) is 2.62. The third-order valence-corrected chi connectivity index (χ3v) is 4.76. The second kappa shape index (κ2) is 9.66. The number of nitrogens with one attached hydrogen (secondary N) is 1. The van der Waals surface area contributed by atoms with Gasteiger partial charge in [-0.3, -0.25) is 0 Å². The summed E-state index contributed by atoms with van der Waals surface area (Å²) in [4.78, 5) is 6.22. The maximum absolute atomic E-state index is 9.28. The predicted molar refractivity (Wildman–Crippen MR) is 111 cm³/mol. The van der Waals surface area contributed by atoms with Crippen molar-refractivity contribution in [2.75, 3.05) is 36.5 Å². The molecule has 0 saturated heterocycles. The normalized spacial score (nSPS) is 10.7. The second-order valence-corrected chi connectivity index (χ2v) is 6.62. The van der Waals surface area contributed by atoms with E-state index in [1.165, 1.54) is 0 Å². The maximum atomic E-state index is 9.28. The Morgan fingerprint density at radius 1 is 0.893 bits per heavy atom. The Hall–Kier alpha value is -2.45. The van der Waals surface area contributed by atoms with Crippen LogP contribution < -0.4 is 10.2 Å². The first-order valence-electron chi connectivity index (χ1n) is 8.62. The zero-order valence-electron chi connectivity index (χ0n) is 14.9. The van der Waals surface area contributed by atoms with Gasteiger partial charge in [0.15, 0.2) is 5.82 Å². The maximum Gasteiger partial charge on any atom is 0.247 e. The van der Waals surface area contributed by atoms with Gasteiger partial charge in [-0.2, -0.15) is 4.98 Å². The third-order valence-electron chi connectivity index (χ3n) is 3.94. The number of hydrogen-bond donors (Lipinski definition) is 3. The second-order valence-electron chi connectivity index (χ2n) is 5.84. The number of halogens is 2.